The monoisotopic (exact) mass is 198 g/mol. The van der Waals surface area contributed by atoms with Crippen LogP contribution in [0.3, 0.4) is 0 Å². The summed E-state index contributed by atoms with van der Waals surface area (Å²) in [5.74, 6) is -0.878. The predicted octanol–water partition coefficient (Wildman–Crippen LogP) is 1.01. The number of aliphatic carboxylic acids is 1. The summed E-state index contributed by atoms with van der Waals surface area (Å²) >= 11 is 0. The number of carbonyl (C=O) groups is 1. The fraction of sp³-hybridized carbons (Fsp3) is 0.556. The van der Waals surface area contributed by atoms with Crippen LogP contribution in [0.5, 0.6) is 5.88 Å². The van der Waals surface area contributed by atoms with Gasteiger partial charge in [0.1, 0.15) is 0 Å². The number of hydrogen-bond acceptors (Lipinski definition) is 3. The molecule has 0 aromatic carbocycles. The Labute approximate surface area is 82.3 Å². The third kappa shape index (κ3) is 1.71. The summed E-state index contributed by atoms with van der Waals surface area (Å²) in [7, 11) is 3.23. The van der Waals surface area contributed by atoms with Gasteiger partial charge in [-0.15, -0.1) is 0 Å². The maximum atomic E-state index is 10.9. The average Bonchev–Trinajstić information content (AvgIpc) is 2.48. The molecule has 14 heavy (non-hydrogen) atoms. The van der Waals surface area contributed by atoms with Crippen LogP contribution in [-0.2, 0) is 11.8 Å². The number of aryl methyl sites for hydroxylation is 1. The summed E-state index contributed by atoms with van der Waals surface area (Å²) < 4.78 is 6.61. The Bertz CT molecular complexity index is 333. The minimum atomic E-state index is -0.848. The van der Waals surface area contributed by atoms with E-state index in [1.54, 1.807) is 13.2 Å². The highest BCUT2D eigenvalue weighted by Gasteiger charge is 2.24. The molecule has 0 fully saturated rings. The molecule has 1 aromatic heterocycles. The van der Waals surface area contributed by atoms with Crippen molar-refractivity contribution in [3.05, 3.63) is 11.8 Å². The van der Waals surface area contributed by atoms with Crippen molar-refractivity contribution in [2.45, 2.75) is 19.3 Å². The number of ether oxygens (including phenoxy) is 1. The van der Waals surface area contributed by atoms with Crippen LogP contribution in [0.1, 0.15) is 24.8 Å². The number of aromatic nitrogens is 2. The van der Waals surface area contributed by atoms with Gasteiger partial charge in [-0.2, -0.15) is 5.10 Å². The van der Waals surface area contributed by atoms with E-state index in [4.69, 9.17) is 9.84 Å². The number of hydrogen-bond donors (Lipinski definition) is 1. The van der Waals surface area contributed by atoms with Crippen molar-refractivity contribution in [2.24, 2.45) is 7.05 Å². The molecule has 0 saturated carbocycles. The van der Waals surface area contributed by atoms with E-state index >= 15 is 0 Å². The number of methoxy groups -OCH3 is 1. The lowest BCUT2D eigenvalue weighted by atomic mass is 10.00. The molecule has 78 valence electrons. The van der Waals surface area contributed by atoms with E-state index < -0.39 is 11.9 Å². The average molecular weight is 198 g/mol. The maximum absolute atomic E-state index is 10.9. The Morgan fingerprint density at radius 2 is 2.43 bits per heavy atom. The summed E-state index contributed by atoms with van der Waals surface area (Å²) in [5, 5.41) is 12.9. The van der Waals surface area contributed by atoms with Crippen molar-refractivity contribution >= 4 is 5.97 Å². The molecule has 0 spiro atoms. The van der Waals surface area contributed by atoms with Crippen LogP contribution in [0.15, 0.2) is 6.20 Å². The second-order valence-corrected chi connectivity index (χ2v) is 3.03. The van der Waals surface area contributed by atoms with Gasteiger partial charge in [-0.3, -0.25) is 4.79 Å². The first kappa shape index (κ1) is 10.6. The molecular formula is C9H14N2O3. The Hall–Kier alpha value is -1.52. The molecule has 0 aliphatic heterocycles. The van der Waals surface area contributed by atoms with Gasteiger partial charge in [0.25, 0.3) is 0 Å². The van der Waals surface area contributed by atoms with Crippen molar-refractivity contribution in [1.29, 1.82) is 0 Å². The molecule has 1 atom stereocenters. The Morgan fingerprint density at radius 3 is 2.86 bits per heavy atom. The molecule has 0 radical (unpaired) electrons. The highest BCUT2D eigenvalue weighted by Crippen LogP contribution is 2.28. The van der Waals surface area contributed by atoms with Gasteiger partial charge in [0, 0.05) is 12.6 Å². The molecule has 1 N–H and O–H groups in total. The van der Waals surface area contributed by atoms with Gasteiger partial charge in [0.2, 0.25) is 5.88 Å². The molecule has 1 heterocycles. The predicted molar refractivity (Wildman–Crippen MR) is 50.4 cm³/mol. The minimum Gasteiger partial charge on any atom is -0.481 e. The number of nitrogens with zero attached hydrogens (tertiary/aromatic N) is 2. The SMILES string of the molecule is CCC(C(=O)O)c1cnn(C)c1OC. The molecule has 5 nitrogen and oxygen atoms in total. The van der Waals surface area contributed by atoms with Crippen molar-refractivity contribution in [1.82, 2.24) is 9.78 Å². The lowest BCUT2D eigenvalue weighted by molar-refractivity contribution is -0.138. The summed E-state index contributed by atoms with van der Waals surface area (Å²) in [6, 6.07) is 0. The van der Waals surface area contributed by atoms with Gasteiger partial charge in [-0.25, -0.2) is 4.68 Å². The van der Waals surface area contributed by atoms with E-state index in [1.807, 2.05) is 6.92 Å². The molecule has 5 heteroatoms. The summed E-state index contributed by atoms with van der Waals surface area (Å²) in [6.45, 7) is 1.82. The van der Waals surface area contributed by atoms with Crippen molar-refractivity contribution < 1.29 is 14.6 Å². The van der Waals surface area contributed by atoms with Crippen LogP contribution >= 0.6 is 0 Å². The zero-order valence-corrected chi connectivity index (χ0v) is 8.52. The highest BCUT2D eigenvalue weighted by atomic mass is 16.5. The molecule has 1 rings (SSSR count). The standard InChI is InChI=1S/C9H14N2O3/c1-4-6(9(12)13)7-5-10-11(2)8(7)14-3/h5-6H,4H2,1-3H3,(H,12,13). The largest absolute Gasteiger partial charge is 0.481 e. The fourth-order valence-corrected chi connectivity index (χ4v) is 1.46. The summed E-state index contributed by atoms with van der Waals surface area (Å²) in [4.78, 5) is 10.9. The molecule has 0 bridgehead atoms. The van der Waals surface area contributed by atoms with Crippen molar-refractivity contribution in [2.75, 3.05) is 7.11 Å². The van der Waals surface area contributed by atoms with Gasteiger partial charge in [0.15, 0.2) is 0 Å². The number of carboxylic acid groups (broad SMARTS) is 1. The third-order valence-corrected chi connectivity index (χ3v) is 2.19. The molecule has 0 aliphatic carbocycles. The highest BCUT2D eigenvalue weighted by molar-refractivity contribution is 5.76. The first-order valence-corrected chi connectivity index (χ1v) is 4.40. The summed E-state index contributed by atoms with van der Waals surface area (Å²) in [6.07, 6.45) is 2.07. The topological polar surface area (TPSA) is 64.3 Å². The second-order valence-electron chi connectivity index (χ2n) is 3.03. The maximum Gasteiger partial charge on any atom is 0.311 e. The van der Waals surface area contributed by atoms with Crippen LogP contribution in [0.2, 0.25) is 0 Å². The second kappa shape index (κ2) is 4.13. The van der Waals surface area contributed by atoms with E-state index in [1.165, 1.54) is 11.8 Å². The Balaban J connectivity index is 3.09. The van der Waals surface area contributed by atoms with Gasteiger partial charge in [-0.1, -0.05) is 6.92 Å². The van der Waals surface area contributed by atoms with Gasteiger partial charge < -0.3 is 9.84 Å². The molecule has 1 unspecified atom stereocenters. The van der Waals surface area contributed by atoms with Gasteiger partial charge >= 0.3 is 5.97 Å². The van der Waals surface area contributed by atoms with E-state index in [-0.39, 0.29) is 0 Å². The van der Waals surface area contributed by atoms with E-state index in [0.717, 1.165) is 0 Å². The quantitative estimate of drug-likeness (QED) is 0.784. The lowest BCUT2D eigenvalue weighted by Gasteiger charge is -2.09. The third-order valence-electron chi connectivity index (χ3n) is 2.19. The fourth-order valence-electron chi connectivity index (χ4n) is 1.46. The first-order chi connectivity index (χ1) is 6.61. The van der Waals surface area contributed by atoms with Crippen molar-refractivity contribution in [3.63, 3.8) is 0 Å². The zero-order chi connectivity index (χ0) is 10.7. The number of carboxylic acids is 1. The smallest absolute Gasteiger partial charge is 0.311 e. The van der Waals surface area contributed by atoms with Crippen LogP contribution in [-0.4, -0.2) is 28.0 Å². The normalized spacial score (nSPS) is 12.5. The Morgan fingerprint density at radius 1 is 1.79 bits per heavy atom. The first-order valence-electron chi connectivity index (χ1n) is 4.40. The van der Waals surface area contributed by atoms with Crippen LogP contribution in [0.25, 0.3) is 0 Å². The zero-order valence-electron chi connectivity index (χ0n) is 8.52. The minimum absolute atomic E-state index is 0.513. The van der Waals surface area contributed by atoms with Crippen LogP contribution < -0.4 is 4.74 Å². The molecular weight excluding hydrogens is 184 g/mol. The van der Waals surface area contributed by atoms with Crippen molar-refractivity contribution in [3.8, 4) is 5.88 Å². The summed E-state index contributed by atoms with van der Waals surface area (Å²) in [5.41, 5.74) is 0.630. The van der Waals surface area contributed by atoms with E-state index in [9.17, 15) is 4.79 Å². The molecule has 1 aromatic rings. The lowest BCUT2D eigenvalue weighted by Crippen LogP contribution is -2.11. The number of rotatable bonds is 4. The molecule has 0 saturated heterocycles. The Kier molecular flexibility index (Phi) is 3.11. The van der Waals surface area contributed by atoms with E-state index in [2.05, 4.69) is 5.10 Å². The molecule has 0 aliphatic rings. The molecule has 0 amide bonds. The van der Waals surface area contributed by atoms with Crippen LogP contribution in [0, 0.1) is 0 Å². The van der Waals surface area contributed by atoms with E-state index in [0.29, 0.717) is 17.9 Å². The van der Waals surface area contributed by atoms with Gasteiger partial charge in [-0.05, 0) is 6.42 Å². The van der Waals surface area contributed by atoms with Crippen LogP contribution in [0.4, 0.5) is 0 Å². The van der Waals surface area contributed by atoms with Gasteiger partial charge in [0.05, 0.1) is 19.2 Å².